The number of rotatable bonds is 2. The number of methoxy groups -OCH3 is 1. The molecule has 2 aliphatic heterocycles. The molecule has 0 radical (unpaired) electrons. The Labute approximate surface area is 165 Å². The number of ether oxygens (including phenoxy) is 2. The van der Waals surface area contributed by atoms with Crippen molar-refractivity contribution >= 4 is 5.78 Å². The van der Waals surface area contributed by atoms with E-state index in [1.54, 1.807) is 7.11 Å². The monoisotopic (exact) mass is 375 g/mol. The highest BCUT2D eigenvalue weighted by Crippen LogP contribution is 2.64. The quantitative estimate of drug-likeness (QED) is 0.807. The zero-order valence-electron chi connectivity index (χ0n) is 16.4. The van der Waals surface area contributed by atoms with Gasteiger partial charge in [0, 0.05) is 22.9 Å². The van der Waals surface area contributed by atoms with Gasteiger partial charge in [-0.1, -0.05) is 36.4 Å². The molecule has 1 saturated carbocycles. The Kier molecular flexibility index (Phi) is 3.32. The van der Waals surface area contributed by atoms with E-state index in [2.05, 4.69) is 30.1 Å². The van der Waals surface area contributed by atoms with Crippen LogP contribution < -0.4 is 9.47 Å². The molecular formula is C24H25NO3. The smallest absolute Gasteiger partial charge is 0.181 e. The highest BCUT2D eigenvalue weighted by atomic mass is 16.5. The van der Waals surface area contributed by atoms with E-state index in [4.69, 9.17) is 9.47 Å². The molecule has 0 unspecified atom stereocenters. The first-order chi connectivity index (χ1) is 13.6. The first kappa shape index (κ1) is 16.6. The van der Waals surface area contributed by atoms with E-state index in [9.17, 15) is 4.79 Å². The van der Waals surface area contributed by atoms with Gasteiger partial charge in [-0.05, 0) is 56.0 Å². The molecule has 2 heterocycles. The zero-order chi connectivity index (χ0) is 19.0. The van der Waals surface area contributed by atoms with Crippen LogP contribution in [-0.4, -0.2) is 43.5 Å². The second-order valence-corrected chi connectivity index (χ2v) is 8.88. The average molecular weight is 375 g/mol. The topological polar surface area (TPSA) is 38.8 Å². The van der Waals surface area contributed by atoms with E-state index in [0.29, 0.717) is 12.0 Å². The lowest BCUT2D eigenvalue weighted by Gasteiger charge is -2.58. The van der Waals surface area contributed by atoms with Gasteiger partial charge in [-0.15, -0.1) is 0 Å². The summed E-state index contributed by atoms with van der Waals surface area (Å²) in [7, 11) is 3.93. The number of likely N-dealkylation sites (N-methyl/N-ethyl adjacent to an activating group) is 1. The van der Waals surface area contributed by atoms with Gasteiger partial charge in [-0.3, -0.25) is 4.79 Å². The van der Waals surface area contributed by atoms with Gasteiger partial charge in [0.2, 0.25) is 0 Å². The summed E-state index contributed by atoms with van der Waals surface area (Å²) < 4.78 is 12.1. The van der Waals surface area contributed by atoms with Gasteiger partial charge in [-0.25, -0.2) is 0 Å². The highest BCUT2D eigenvalue weighted by molar-refractivity contribution is 5.94. The third kappa shape index (κ3) is 1.87. The molecule has 1 saturated heterocycles. The predicted octanol–water partition coefficient (Wildman–Crippen LogP) is 3.33. The third-order valence-corrected chi connectivity index (χ3v) is 7.89. The second-order valence-electron chi connectivity index (χ2n) is 8.88. The Bertz CT molecular complexity index is 971. The van der Waals surface area contributed by atoms with Crippen molar-refractivity contribution in [2.45, 2.75) is 42.7 Å². The predicted molar refractivity (Wildman–Crippen MR) is 106 cm³/mol. The molecular weight excluding hydrogens is 350 g/mol. The molecule has 6 rings (SSSR count). The number of hydrogen-bond acceptors (Lipinski definition) is 4. The van der Waals surface area contributed by atoms with Crippen LogP contribution in [0.15, 0.2) is 42.5 Å². The standard InChI is InChI=1S/C24H25NO3/c1-25-11-10-24-17-13-16(14-6-4-3-5-7-14)21(26)23(24)28-22-19(27-2)9-8-15(20(22)24)12-18(17)25/h3-9,16-18,23H,10-13H2,1-2H3/t16-,17-,18+,23-,24-/m0/s1. The van der Waals surface area contributed by atoms with Gasteiger partial charge in [0.1, 0.15) is 0 Å². The maximum absolute atomic E-state index is 13.8. The van der Waals surface area contributed by atoms with Crippen LogP contribution in [0.4, 0.5) is 0 Å². The lowest BCUT2D eigenvalue weighted by Crippen LogP contribution is -2.66. The van der Waals surface area contributed by atoms with E-state index in [0.717, 1.165) is 42.9 Å². The molecule has 2 aromatic carbocycles. The van der Waals surface area contributed by atoms with E-state index in [1.165, 1.54) is 11.1 Å². The van der Waals surface area contributed by atoms with Crippen molar-refractivity contribution in [3.63, 3.8) is 0 Å². The summed E-state index contributed by atoms with van der Waals surface area (Å²) in [6.45, 7) is 1.01. The van der Waals surface area contributed by atoms with Crippen molar-refractivity contribution in [3.05, 3.63) is 59.2 Å². The molecule has 2 aliphatic carbocycles. The molecule has 4 nitrogen and oxygen atoms in total. The second kappa shape index (κ2) is 5.60. The maximum atomic E-state index is 13.8. The lowest BCUT2D eigenvalue weighted by molar-refractivity contribution is -0.140. The summed E-state index contributed by atoms with van der Waals surface area (Å²) in [6.07, 6.45) is 2.53. The van der Waals surface area contributed by atoms with Crippen molar-refractivity contribution in [3.8, 4) is 11.5 Å². The molecule has 2 fully saturated rings. The van der Waals surface area contributed by atoms with Gasteiger partial charge >= 0.3 is 0 Å². The summed E-state index contributed by atoms with van der Waals surface area (Å²) >= 11 is 0. The summed E-state index contributed by atoms with van der Waals surface area (Å²) in [4.78, 5) is 16.3. The first-order valence-corrected chi connectivity index (χ1v) is 10.3. The third-order valence-electron chi connectivity index (χ3n) is 7.89. The average Bonchev–Trinajstić information content (AvgIpc) is 3.08. The minimum atomic E-state index is -0.391. The molecule has 0 aromatic heterocycles. The van der Waals surface area contributed by atoms with E-state index in [-0.39, 0.29) is 17.1 Å². The van der Waals surface area contributed by atoms with Crippen molar-refractivity contribution in [2.75, 3.05) is 20.7 Å². The largest absolute Gasteiger partial charge is 0.493 e. The fourth-order valence-corrected chi connectivity index (χ4v) is 6.66. The molecule has 0 amide bonds. The van der Waals surface area contributed by atoms with Crippen LogP contribution in [0.5, 0.6) is 11.5 Å². The summed E-state index contributed by atoms with van der Waals surface area (Å²) in [5, 5.41) is 0. The molecule has 4 aliphatic rings. The number of Topliss-reactive ketones (excluding diaryl/α,β-unsaturated/α-hetero) is 1. The summed E-state index contributed by atoms with van der Waals surface area (Å²) in [5.41, 5.74) is 3.57. The molecule has 1 spiro atoms. The number of nitrogens with zero attached hydrogens (tertiary/aromatic N) is 1. The number of carbonyl (C=O) groups is 1. The summed E-state index contributed by atoms with van der Waals surface area (Å²) in [5.74, 6) is 2.19. The van der Waals surface area contributed by atoms with E-state index in [1.807, 2.05) is 24.3 Å². The van der Waals surface area contributed by atoms with E-state index < -0.39 is 6.10 Å². The first-order valence-electron chi connectivity index (χ1n) is 10.3. The Hall–Kier alpha value is -2.33. The van der Waals surface area contributed by atoms with E-state index >= 15 is 0 Å². The number of likely N-dealkylation sites (tertiary alicyclic amines) is 1. The number of hydrogen-bond donors (Lipinski definition) is 0. The number of carbonyl (C=O) groups excluding carboxylic acids is 1. The molecule has 144 valence electrons. The van der Waals surface area contributed by atoms with Crippen LogP contribution in [-0.2, 0) is 16.6 Å². The summed E-state index contributed by atoms with van der Waals surface area (Å²) in [6, 6.07) is 14.9. The van der Waals surface area contributed by atoms with Crippen LogP contribution in [0, 0.1) is 5.92 Å². The minimum absolute atomic E-state index is 0.0832. The van der Waals surface area contributed by atoms with Gasteiger partial charge in [0.15, 0.2) is 23.4 Å². The lowest BCUT2D eigenvalue weighted by atomic mass is 9.49. The Morgan fingerprint density at radius 1 is 1.18 bits per heavy atom. The van der Waals surface area contributed by atoms with Crippen LogP contribution in [0.25, 0.3) is 0 Å². The van der Waals surface area contributed by atoms with Gasteiger partial charge in [0.05, 0.1) is 7.11 Å². The SMILES string of the molecule is COc1ccc2c3c1O[C@H]1C(=O)[C@H](c4ccccc4)C[C@H]4[C@@H](C2)N(C)CC[C@]314. The van der Waals surface area contributed by atoms with Gasteiger partial charge in [0.25, 0.3) is 0 Å². The van der Waals surface area contributed by atoms with Crippen molar-refractivity contribution < 1.29 is 14.3 Å². The number of benzene rings is 2. The van der Waals surface area contributed by atoms with Crippen LogP contribution in [0.3, 0.4) is 0 Å². The number of piperidine rings is 1. The highest BCUT2D eigenvalue weighted by Gasteiger charge is 2.67. The van der Waals surface area contributed by atoms with Crippen LogP contribution in [0.2, 0.25) is 0 Å². The molecule has 5 atom stereocenters. The molecule has 2 bridgehead atoms. The van der Waals surface area contributed by atoms with Gasteiger partial charge < -0.3 is 14.4 Å². The Morgan fingerprint density at radius 2 is 2.00 bits per heavy atom. The van der Waals surface area contributed by atoms with Crippen molar-refractivity contribution in [2.24, 2.45) is 5.92 Å². The van der Waals surface area contributed by atoms with Crippen molar-refractivity contribution in [1.82, 2.24) is 4.90 Å². The van der Waals surface area contributed by atoms with Gasteiger partial charge in [-0.2, -0.15) is 0 Å². The zero-order valence-corrected chi connectivity index (χ0v) is 16.4. The fourth-order valence-electron chi connectivity index (χ4n) is 6.66. The Morgan fingerprint density at radius 3 is 2.79 bits per heavy atom. The van der Waals surface area contributed by atoms with Crippen molar-refractivity contribution in [1.29, 1.82) is 0 Å². The molecule has 0 N–H and O–H groups in total. The maximum Gasteiger partial charge on any atom is 0.181 e. The molecule has 2 aromatic rings. The fraction of sp³-hybridized carbons (Fsp3) is 0.458. The number of ketones is 1. The molecule has 28 heavy (non-hydrogen) atoms. The normalized spacial score (nSPS) is 35.3. The molecule has 4 heteroatoms. The Balaban J connectivity index is 1.57. The minimum Gasteiger partial charge on any atom is -0.493 e. The van der Waals surface area contributed by atoms with Crippen LogP contribution in [0.1, 0.15) is 35.4 Å². The van der Waals surface area contributed by atoms with Crippen LogP contribution >= 0.6 is 0 Å².